The van der Waals surface area contributed by atoms with Gasteiger partial charge in [0, 0.05) is 25.1 Å². The minimum atomic E-state index is -0.288. The number of rotatable bonds is 3. The monoisotopic (exact) mass is 305 g/mol. The summed E-state index contributed by atoms with van der Waals surface area (Å²) >= 11 is 1.53. The number of nitrogens with zero attached hydrogens (tertiary/aromatic N) is 2. The predicted octanol–water partition coefficient (Wildman–Crippen LogP) is 1.74. The van der Waals surface area contributed by atoms with Crippen molar-refractivity contribution in [1.29, 1.82) is 0 Å². The van der Waals surface area contributed by atoms with Crippen molar-refractivity contribution in [2.45, 2.75) is 12.8 Å². The highest BCUT2D eigenvalue weighted by atomic mass is 32.1. The maximum atomic E-state index is 12.3. The van der Waals surface area contributed by atoms with E-state index < -0.39 is 0 Å². The fourth-order valence-corrected chi connectivity index (χ4v) is 3.11. The number of hydrogen-bond donors (Lipinski definition) is 1. The number of likely N-dealkylation sites (tertiary alicyclic amines) is 1. The number of carbonyl (C=O) groups excluding carboxylic acids is 2. The van der Waals surface area contributed by atoms with E-state index in [1.165, 1.54) is 11.3 Å². The highest BCUT2D eigenvalue weighted by molar-refractivity contribution is 7.13. The van der Waals surface area contributed by atoms with Crippen LogP contribution in [0.1, 0.15) is 23.3 Å². The summed E-state index contributed by atoms with van der Waals surface area (Å²) in [5.41, 5.74) is 5.59. The lowest BCUT2D eigenvalue weighted by Gasteiger charge is -2.29. The highest BCUT2D eigenvalue weighted by Crippen LogP contribution is 2.26. The first-order valence-electron chi connectivity index (χ1n) is 6.74. The molecule has 110 valence electrons. The van der Waals surface area contributed by atoms with Gasteiger partial charge in [-0.15, -0.1) is 11.3 Å². The molecule has 7 heteroatoms. The molecule has 0 atom stereocenters. The number of primary amides is 1. The average molecular weight is 305 g/mol. The van der Waals surface area contributed by atoms with Crippen LogP contribution in [0.2, 0.25) is 0 Å². The summed E-state index contributed by atoms with van der Waals surface area (Å²) in [4.78, 5) is 26.1. The zero-order valence-corrected chi connectivity index (χ0v) is 12.1. The number of carbonyl (C=O) groups is 2. The van der Waals surface area contributed by atoms with E-state index in [0.29, 0.717) is 37.4 Å². The van der Waals surface area contributed by atoms with Crippen LogP contribution in [-0.2, 0) is 4.79 Å². The Morgan fingerprint density at radius 2 is 2.14 bits per heavy atom. The van der Waals surface area contributed by atoms with E-state index in [2.05, 4.69) is 5.16 Å². The Morgan fingerprint density at radius 3 is 2.76 bits per heavy atom. The summed E-state index contributed by atoms with van der Waals surface area (Å²) in [6.07, 6.45) is 1.22. The zero-order chi connectivity index (χ0) is 14.8. The Kier molecular flexibility index (Phi) is 3.74. The van der Waals surface area contributed by atoms with Gasteiger partial charge in [0.05, 0.1) is 4.88 Å². The molecule has 1 fully saturated rings. The molecule has 2 aromatic heterocycles. The van der Waals surface area contributed by atoms with Gasteiger partial charge in [0.2, 0.25) is 5.91 Å². The van der Waals surface area contributed by atoms with E-state index in [0.717, 1.165) is 4.88 Å². The Hall–Kier alpha value is -2.15. The minimum absolute atomic E-state index is 0.131. The molecule has 2 aromatic rings. The number of thiophene rings is 1. The molecule has 1 aliphatic rings. The van der Waals surface area contributed by atoms with E-state index in [1.807, 2.05) is 17.5 Å². The predicted molar refractivity (Wildman–Crippen MR) is 77.6 cm³/mol. The van der Waals surface area contributed by atoms with E-state index in [-0.39, 0.29) is 17.7 Å². The van der Waals surface area contributed by atoms with Gasteiger partial charge in [0.25, 0.3) is 5.91 Å². The highest BCUT2D eigenvalue weighted by Gasteiger charge is 2.28. The molecule has 0 unspecified atom stereocenters. The van der Waals surface area contributed by atoms with Gasteiger partial charge in [0.1, 0.15) is 0 Å². The van der Waals surface area contributed by atoms with Crippen molar-refractivity contribution in [3.63, 3.8) is 0 Å². The first-order valence-corrected chi connectivity index (χ1v) is 7.62. The van der Waals surface area contributed by atoms with E-state index >= 15 is 0 Å². The van der Waals surface area contributed by atoms with Crippen LogP contribution < -0.4 is 5.73 Å². The first-order chi connectivity index (χ1) is 10.1. The number of hydrogen-bond acceptors (Lipinski definition) is 5. The van der Waals surface area contributed by atoms with Crippen molar-refractivity contribution in [2.75, 3.05) is 13.1 Å². The maximum absolute atomic E-state index is 12.3. The summed E-state index contributed by atoms with van der Waals surface area (Å²) in [7, 11) is 0. The number of nitrogens with two attached hydrogens (primary N) is 1. The first kappa shape index (κ1) is 13.8. The second kappa shape index (κ2) is 5.69. The van der Waals surface area contributed by atoms with Gasteiger partial charge in [-0.25, -0.2) is 0 Å². The van der Waals surface area contributed by atoms with E-state index in [9.17, 15) is 9.59 Å². The Morgan fingerprint density at radius 1 is 1.38 bits per heavy atom. The second-order valence-electron chi connectivity index (χ2n) is 5.02. The van der Waals surface area contributed by atoms with Crippen molar-refractivity contribution in [3.05, 3.63) is 29.3 Å². The van der Waals surface area contributed by atoms with Gasteiger partial charge in [0.15, 0.2) is 11.5 Å². The third kappa shape index (κ3) is 2.82. The van der Waals surface area contributed by atoms with Crippen molar-refractivity contribution < 1.29 is 14.1 Å². The van der Waals surface area contributed by atoms with Crippen LogP contribution >= 0.6 is 11.3 Å². The normalized spacial score (nSPS) is 16.1. The molecule has 1 aliphatic heterocycles. The molecule has 0 radical (unpaired) electrons. The summed E-state index contributed by atoms with van der Waals surface area (Å²) in [6.45, 7) is 1.04. The van der Waals surface area contributed by atoms with Gasteiger partial charge >= 0.3 is 0 Å². The molecular weight excluding hydrogens is 290 g/mol. The fraction of sp³-hybridized carbons (Fsp3) is 0.357. The van der Waals surface area contributed by atoms with E-state index in [1.54, 1.807) is 11.0 Å². The lowest BCUT2D eigenvalue weighted by Crippen LogP contribution is -2.41. The largest absolute Gasteiger partial charge is 0.369 e. The smallest absolute Gasteiger partial charge is 0.276 e. The van der Waals surface area contributed by atoms with Crippen molar-refractivity contribution in [1.82, 2.24) is 10.1 Å². The molecule has 6 nitrogen and oxygen atoms in total. The summed E-state index contributed by atoms with van der Waals surface area (Å²) in [6, 6.07) is 5.49. The number of aromatic nitrogens is 1. The molecule has 3 heterocycles. The van der Waals surface area contributed by atoms with Crippen molar-refractivity contribution in [2.24, 2.45) is 11.7 Å². The van der Waals surface area contributed by atoms with Crippen LogP contribution in [0.25, 0.3) is 10.6 Å². The van der Waals surface area contributed by atoms with Crippen LogP contribution in [0.4, 0.5) is 0 Å². The van der Waals surface area contributed by atoms with Gasteiger partial charge in [-0.1, -0.05) is 11.2 Å². The summed E-state index contributed by atoms with van der Waals surface area (Å²) < 4.78 is 5.22. The number of amides is 2. The molecule has 3 rings (SSSR count). The Balaban J connectivity index is 1.68. The lowest BCUT2D eigenvalue weighted by atomic mass is 9.96. The molecule has 1 saturated heterocycles. The molecule has 0 aromatic carbocycles. The quantitative estimate of drug-likeness (QED) is 0.935. The van der Waals surface area contributed by atoms with Crippen molar-refractivity contribution in [3.8, 4) is 10.6 Å². The SMILES string of the molecule is NC(=O)C1CCN(C(=O)c2cc(-c3cccs3)on2)CC1. The van der Waals surface area contributed by atoms with Crippen LogP contribution in [0, 0.1) is 5.92 Å². The Bertz CT molecular complexity index is 642. The van der Waals surface area contributed by atoms with Gasteiger partial charge < -0.3 is 15.2 Å². The van der Waals surface area contributed by atoms with Gasteiger partial charge in [-0.2, -0.15) is 0 Å². The van der Waals surface area contributed by atoms with Crippen LogP contribution in [0.3, 0.4) is 0 Å². The van der Waals surface area contributed by atoms with Crippen LogP contribution in [0.15, 0.2) is 28.1 Å². The third-order valence-electron chi connectivity index (χ3n) is 3.68. The van der Waals surface area contributed by atoms with Crippen molar-refractivity contribution >= 4 is 23.2 Å². The standard InChI is InChI=1S/C14H15N3O3S/c15-13(18)9-3-5-17(6-4-9)14(19)10-8-11(20-16-10)12-2-1-7-21-12/h1-2,7-9H,3-6H2,(H2,15,18). The fourth-order valence-electron chi connectivity index (χ4n) is 2.44. The minimum Gasteiger partial charge on any atom is -0.369 e. The summed E-state index contributed by atoms with van der Waals surface area (Å²) in [5, 5.41) is 5.79. The zero-order valence-electron chi connectivity index (χ0n) is 11.3. The van der Waals surface area contributed by atoms with Gasteiger partial charge in [-0.3, -0.25) is 9.59 Å². The molecule has 2 N–H and O–H groups in total. The molecular formula is C14H15N3O3S. The summed E-state index contributed by atoms with van der Waals surface area (Å²) in [5.74, 6) is 0.0152. The van der Waals surface area contributed by atoms with Crippen LogP contribution in [0.5, 0.6) is 0 Å². The maximum Gasteiger partial charge on any atom is 0.276 e. The molecule has 0 saturated carbocycles. The third-order valence-corrected chi connectivity index (χ3v) is 4.56. The lowest BCUT2D eigenvalue weighted by molar-refractivity contribution is -0.123. The number of piperidine rings is 1. The van der Waals surface area contributed by atoms with Gasteiger partial charge in [-0.05, 0) is 24.3 Å². The molecule has 2 amide bonds. The molecule has 0 bridgehead atoms. The Labute approximate surface area is 125 Å². The molecule has 0 spiro atoms. The molecule has 0 aliphatic carbocycles. The average Bonchev–Trinajstić information content (AvgIpc) is 3.17. The van der Waals surface area contributed by atoms with Crippen LogP contribution in [-0.4, -0.2) is 35.0 Å². The topological polar surface area (TPSA) is 89.4 Å². The second-order valence-corrected chi connectivity index (χ2v) is 5.97. The molecule has 21 heavy (non-hydrogen) atoms. The van der Waals surface area contributed by atoms with E-state index in [4.69, 9.17) is 10.3 Å².